The summed E-state index contributed by atoms with van der Waals surface area (Å²) >= 11 is 0. The van der Waals surface area contributed by atoms with E-state index in [0.717, 1.165) is 5.56 Å². The summed E-state index contributed by atoms with van der Waals surface area (Å²) in [6, 6.07) is 11.4. The summed E-state index contributed by atoms with van der Waals surface area (Å²) in [5.74, 6) is 0.190. The molecule has 2 heterocycles. The molecule has 6 heteroatoms. The van der Waals surface area contributed by atoms with Gasteiger partial charge < -0.3 is 0 Å². The fourth-order valence-electron chi connectivity index (χ4n) is 2.00. The Balaban J connectivity index is 2.20. The first-order valence-electron chi connectivity index (χ1n) is 5.71. The quantitative estimate of drug-likeness (QED) is 0.822. The minimum Gasteiger partial charge on any atom is -0.295 e. The van der Waals surface area contributed by atoms with E-state index in [9.17, 15) is 10.1 Å². The van der Waals surface area contributed by atoms with Crippen molar-refractivity contribution in [2.24, 2.45) is 10.2 Å². The minimum atomic E-state index is -0.750. The topological polar surface area (TPSA) is 83.4 Å². The number of rotatable bonds is 2. The van der Waals surface area contributed by atoms with Gasteiger partial charge in [-0.05, 0) is 6.92 Å². The lowest BCUT2D eigenvalue weighted by Gasteiger charge is -2.02. The smallest absolute Gasteiger partial charge is 0.222 e. The fourth-order valence-corrected chi connectivity index (χ4v) is 2.00. The van der Waals surface area contributed by atoms with Gasteiger partial charge >= 0.3 is 0 Å². The minimum absolute atomic E-state index is 0.158. The van der Waals surface area contributed by atoms with Crippen molar-refractivity contribution in [1.29, 1.82) is 5.26 Å². The zero-order valence-corrected chi connectivity index (χ0v) is 10.1. The van der Waals surface area contributed by atoms with Crippen LogP contribution in [0.2, 0.25) is 0 Å². The molecule has 6 nitrogen and oxygen atoms in total. The van der Waals surface area contributed by atoms with Crippen LogP contribution < -0.4 is 0 Å². The highest BCUT2D eigenvalue weighted by atomic mass is 16.1. The standard InChI is InChI=1S/C13H9N5O/c1-8(19)12-15-16-13-10(7-14)11(17-18(12)13)9-5-3-2-4-6-9/h2-6,12H,1H3/t12-/m0/s1. The predicted octanol–water partition coefficient (Wildman–Crippen LogP) is 2.61. The Morgan fingerprint density at radius 1 is 1.37 bits per heavy atom. The Bertz CT molecular complexity index is 723. The Morgan fingerprint density at radius 3 is 2.74 bits per heavy atom. The Morgan fingerprint density at radius 2 is 2.11 bits per heavy atom. The van der Waals surface area contributed by atoms with Gasteiger partial charge in [-0.2, -0.15) is 15.5 Å². The van der Waals surface area contributed by atoms with Gasteiger partial charge in [-0.25, -0.2) is 4.68 Å². The molecule has 0 fully saturated rings. The molecular formula is C13H9N5O. The van der Waals surface area contributed by atoms with Crippen LogP contribution in [0.3, 0.4) is 0 Å². The van der Waals surface area contributed by atoms with E-state index < -0.39 is 6.17 Å². The predicted molar refractivity (Wildman–Crippen MR) is 66.6 cm³/mol. The first-order valence-corrected chi connectivity index (χ1v) is 5.71. The molecule has 19 heavy (non-hydrogen) atoms. The van der Waals surface area contributed by atoms with Gasteiger partial charge in [-0.15, -0.1) is 5.11 Å². The highest BCUT2D eigenvalue weighted by Crippen LogP contribution is 2.37. The van der Waals surface area contributed by atoms with Gasteiger partial charge in [0.1, 0.15) is 17.3 Å². The fraction of sp³-hybridized carbons (Fsp3) is 0.154. The average molecular weight is 251 g/mol. The Kier molecular flexibility index (Phi) is 2.46. The molecule has 2 aromatic rings. The third kappa shape index (κ3) is 1.64. The van der Waals surface area contributed by atoms with E-state index in [0.29, 0.717) is 17.1 Å². The SMILES string of the molecule is CC(=O)[C@H]1N=Nc2c(C#N)c(-c3ccccc3)nn21. The molecule has 1 aliphatic heterocycles. The van der Waals surface area contributed by atoms with Crippen molar-refractivity contribution < 1.29 is 4.79 Å². The number of aromatic nitrogens is 2. The first kappa shape index (κ1) is 11.3. The van der Waals surface area contributed by atoms with Crippen molar-refractivity contribution in [1.82, 2.24) is 9.78 Å². The second-order valence-corrected chi connectivity index (χ2v) is 4.17. The number of Topliss-reactive ketones (excluding diaryl/α,β-unsaturated/α-hetero) is 1. The lowest BCUT2D eigenvalue weighted by atomic mass is 10.1. The maximum atomic E-state index is 11.5. The van der Waals surface area contributed by atoms with E-state index in [-0.39, 0.29) is 5.78 Å². The molecule has 1 aromatic heterocycles. The molecule has 3 rings (SSSR count). The molecule has 0 spiro atoms. The molecule has 0 saturated carbocycles. The van der Waals surface area contributed by atoms with Gasteiger partial charge in [0.15, 0.2) is 11.6 Å². The lowest BCUT2D eigenvalue weighted by molar-refractivity contribution is -0.120. The number of fused-ring (bicyclic) bond motifs is 1. The largest absolute Gasteiger partial charge is 0.295 e. The number of nitrogens with zero attached hydrogens (tertiary/aromatic N) is 5. The number of hydrogen-bond acceptors (Lipinski definition) is 5. The lowest BCUT2D eigenvalue weighted by Crippen LogP contribution is -2.12. The van der Waals surface area contributed by atoms with Crippen LogP contribution in [0, 0.1) is 11.3 Å². The van der Waals surface area contributed by atoms with Crippen LogP contribution in [0.25, 0.3) is 11.3 Å². The summed E-state index contributed by atoms with van der Waals surface area (Å²) in [6.07, 6.45) is -0.750. The van der Waals surface area contributed by atoms with Crippen molar-refractivity contribution >= 4 is 11.6 Å². The maximum Gasteiger partial charge on any atom is 0.222 e. The second-order valence-electron chi connectivity index (χ2n) is 4.17. The molecule has 0 aliphatic carbocycles. The van der Waals surface area contributed by atoms with Crippen LogP contribution in [-0.2, 0) is 4.79 Å². The van der Waals surface area contributed by atoms with E-state index in [4.69, 9.17) is 0 Å². The summed E-state index contributed by atoms with van der Waals surface area (Å²) in [5, 5.41) is 21.3. The summed E-state index contributed by atoms with van der Waals surface area (Å²) < 4.78 is 1.41. The number of hydrogen-bond donors (Lipinski definition) is 0. The third-order valence-electron chi connectivity index (χ3n) is 2.90. The van der Waals surface area contributed by atoms with Crippen LogP contribution in [0.4, 0.5) is 5.82 Å². The van der Waals surface area contributed by atoms with E-state index in [1.807, 2.05) is 30.3 Å². The average Bonchev–Trinajstić information content (AvgIpc) is 2.97. The van der Waals surface area contributed by atoms with Gasteiger partial charge in [0.25, 0.3) is 0 Å². The molecule has 1 aliphatic rings. The van der Waals surface area contributed by atoms with Crippen molar-refractivity contribution in [3.63, 3.8) is 0 Å². The van der Waals surface area contributed by atoms with E-state index in [1.165, 1.54) is 11.6 Å². The van der Waals surface area contributed by atoms with Crippen LogP contribution in [0.5, 0.6) is 0 Å². The Labute approximate surface area is 109 Å². The van der Waals surface area contributed by atoms with Gasteiger partial charge in [-0.3, -0.25) is 4.79 Å². The summed E-state index contributed by atoms with van der Waals surface area (Å²) in [5.41, 5.74) is 1.69. The van der Waals surface area contributed by atoms with Crippen LogP contribution in [0.15, 0.2) is 40.6 Å². The van der Waals surface area contributed by atoms with E-state index in [1.54, 1.807) is 0 Å². The molecule has 92 valence electrons. The van der Waals surface area contributed by atoms with Gasteiger partial charge in [0.2, 0.25) is 6.17 Å². The van der Waals surface area contributed by atoms with Crippen LogP contribution >= 0.6 is 0 Å². The van der Waals surface area contributed by atoms with Gasteiger partial charge in [0, 0.05) is 5.56 Å². The van der Waals surface area contributed by atoms with Crippen LogP contribution in [-0.4, -0.2) is 15.6 Å². The molecule has 0 bridgehead atoms. The highest BCUT2D eigenvalue weighted by Gasteiger charge is 2.30. The summed E-state index contributed by atoms with van der Waals surface area (Å²) in [4.78, 5) is 11.5. The summed E-state index contributed by atoms with van der Waals surface area (Å²) in [6.45, 7) is 1.43. The summed E-state index contributed by atoms with van der Waals surface area (Å²) in [7, 11) is 0. The molecule has 0 saturated heterocycles. The zero-order chi connectivity index (χ0) is 13.4. The van der Waals surface area contributed by atoms with Crippen molar-refractivity contribution in [3.8, 4) is 17.3 Å². The first-order chi connectivity index (χ1) is 9.22. The highest BCUT2D eigenvalue weighted by molar-refractivity contribution is 5.82. The number of ketones is 1. The molecule has 1 atom stereocenters. The van der Waals surface area contributed by atoms with Crippen LogP contribution in [0.1, 0.15) is 18.7 Å². The number of benzene rings is 1. The molecule has 0 amide bonds. The number of carbonyl (C=O) groups excluding carboxylic acids is 1. The second kappa shape index (κ2) is 4.14. The molecule has 0 unspecified atom stereocenters. The Hall–Kier alpha value is -2.81. The van der Waals surface area contributed by atoms with Crippen molar-refractivity contribution in [2.45, 2.75) is 13.1 Å². The molecular weight excluding hydrogens is 242 g/mol. The monoisotopic (exact) mass is 251 g/mol. The normalized spacial score (nSPS) is 16.1. The van der Waals surface area contributed by atoms with Gasteiger partial charge in [-0.1, -0.05) is 30.3 Å². The van der Waals surface area contributed by atoms with Crippen molar-refractivity contribution in [2.75, 3.05) is 0 Å². The van der Waals surface area contributed by atoms with E-state index >= 15 is 0 Å². The third-order valence-corrected chi connectivity index (χ3v) is 2.90. The molecule has 0 N–H and O–H groups in total. The van der Waals surface area contributed by atoms with Gasteiger partial charge in [0.05, 0.1) is 0 Å². The maximum absolute atomic E-state index is 11.5. The number of nitriles is 1. The molecule has 0 radical (unpaired) electrons. The van der Waals surface area contributed by atoms with Crippen molar-refractivity contribution in [3.05, 3.63) is 35.9 Å². The number of azo groups is 1. The number of carbonyl (C=O) groups is 1. The molecule has 1 aromatic carbocycles. The van der Waals surface area contributed by atoms with E-state index in [2.05, 4.69) is 21.4 Å². The zero-order valence-electron chi connectivity index (χ0n) is 10.1.